The van der Waals surface area contributed by atoms with Crippen molar-refractivity contribution in [2.75, 3.05) is 13.2 Å². The number of hydrogen-bond donors (Lipinski definition) is 1. The molecule has 11 nitrogen and oxygen atoms in total. The van der Waals surface area contributed by atoms with Gasteiger partial charge in [-0.2, -0.15) is 4.98 Å². The fraction of sp³-hybridized carbons (Fsp3) is 0.414. The molecule has 1 N–H and O–H groups in total. The summed E-state index contributed by atoms with van der Waals surface area (Å²) in [4.78, 5) is 31.3. The SMILES string of the molecule is C[C@H]1C[C@@H](Oc2ccnc(COc3ccc(Cl)cn3)n2)CCN1Cc1nc2c(F)cc(C(=O)O)cc2n1CC1CCO1. The van der Waals surface area contributed by atoms with E-state index in [1.54, 1.807) is 24.4 Å². The predicted molar refractivity (Wildman–Crippen MR) is 150 cm³/mol. The van der Waals surface area contributed by atoms with E-state index in [2.05, 4.69) is 31.8 Å². The maximum absolute atomic E-state index is 14.9. The van der Waals surface area contributed by atoms with Crippen molar-refractivity contribution in [2.24, 2.45) is 0 Å². The number of aromatic nitrogens is 5. The van der Waals surface area contributed by atoms with Crippen LogP contribution in [0.3, 0.4) is 0 Å². The van der Waals surface area contributed by atoms with Gasteiger partial charge in [-0.25, -0.2) is 24.1 Å². The summed E-state index contributed by atoms with van der Waals surface area (Å²) in [5, 5.41) is 9.99. The van der Waals surface area contributed by atoms with Crippen LogP contribution in [0.1, 0.15) is 48.2 Å². The van der Waals surface area contributed by atoms with E-state index in [0.717, 1.165) is 31.9 Å². The normalized spacial score (nSPS) is 20.8. The lowest BCUT2D eigenvalue weighted by molar-refractivity contribution is -0.0593. The topological polar surface area (TPSA) is 125 Å². The molecule has 0 amide bonds. The molecule has 0 bridgehead atoms. The first-order valence-corrected chi connectivity index (χ1v) is 14.2. The summed E-state index contributed by atoms with van der Waals surface area (Å²) in [7, 11) is 0. The number of fused-ring (bicyclic) bond motifs is 1. The van der Waals surface area contributed by atoms with E-state index in [1.165, 1.54) is 12.3 Å². The van der Waals surface area contributed by atoms with Crippen molar-refractivity contribution >= 4 is 28.6 Å². The summed E-state index contributed by atoms with van der Waals surface area (Å²) >= 11 is 5.87. The maximum atomic E-state index is 14.9. The summed E-state index contributed by atoms with van der Waals surface area (Å²) in [5.41, 5.74) is 0.546. The van der Waals surface area contributed by atoms with Crippen molar-refractivity contribution in [3.05, 3.63) is 70.8 Å². The zero-order chi connectivity index (χ0) is 29.2. The quantitative estimate of drug-likeness (QED) is 0.279. The molecule has 1 unspecified atom stereocenters. The van der Waals surface area contributed by atoms with Crippen molar-refractivity contribution in [1.82, 2.24) is 29.4 Å². The fourth-order valence-electron chi connectivity index (χ4n) is 5.28. The van der Waals surface area contributed by atoms with E-state index >= 15 is 0 Å². The fourth-order valence-corrected chi connectivity index (χ4v) is 5.39. The van der Waals surface area contributed by atoms with Crippen molar-refractivity contribution in [2.45, 2.75) is 64.1 Å². The van der Waals surface area contributed by atoms with Crippen molar-refractivity contribution in [3.8, 4) is 11.8 Å². The standard InChI is InChI=1S/C29H30ClFN6O5/c1-17-10-20(42-27-4-7-32-24(34-27)16-41-26-3-2-19(30)13-33-26)5-8-36(17)15-25-35-28-22(31)11-18(29(38)39)12-23(28)37(25)14-21-6-9-40-21/h2-4,7,11-13,17,20-21H,5-6,8-10,14-16H2,1H3,(H,38,39)/t17-,20-,21?/m0/s1. The lowest BCUT2D eigenvalue weighted by Crippen LogP contribution is -2.44. The Labute approximate surface area is 246 Å². The highest BCUT2D eigenvalue weighted by molar-refractivity contribution is 6.30. The smallest absolute Gasteiger partial charge is 0.335 e. The number of pyridine rings is 1. The van der Waals surface area contributed by atoms with E-state index < -0.39 is 11.8 Å². The number of carboxylic acid groups (broad SMARTS) is 1. The number of carboxylic acids is 1. The monoisotopic (exact) mass is 596 g/mol. The average molecular weight is 597 g/mol. The molecule has 2 aliphatic heterocycles. The number of carbonyl (C=O) groups is 1. The Kier molecular flexibility index (Phi) is 8.18. The first kappa shape index (κ1) is 28.3. The number of ether oxygens (including phenoxy) is 3. The number of imidazole rings is 1. The van der Waals surface area contributed by atoms with E-state index in [-0.39, 0.29) is 35.9 Å². The summed E-state index contributed by atoms with van der Waals surface area (Å²) in [6.45, 7) is 4.68. The van der Waals surface area contributed by atoms with Crippen LogP contribution in [0, 0.1) is 5.82 Å². The van der Waals surface area contributed by atoms with Crippen molar-refractivity contribution < 1.29 is 28.5 Å². The van der Waals surface area contributed by atoms with Gasteiger partial charge in [-0.1, -0.05) is 11.6 Å². The number of rotatable bonds is 10. The van der Waals surface area contributed by atoms with Gasteiger partial charge in [0.15, 0.2) is 11.6 Å². The first-order valence-electron chi connectivity index (χ1n) is 13.8. The Morgan fingerprint density at radius 2 is 2.05 bits per heavy atom. The molecule has 0 spiro atoms. The lowest BCUT2D eigenvalue weighted by atomic mass is 10.0. The van der Waals surface area contributed by atoms with Gasteiger partial charge in [-0.15, -0.1) is 0 Å². The molecule has 3 aromatic heterocycles. The third-order valence-corrected chi connectivity index (χ3v) is 7.86. The Morgan fingerprint density at radius 3 is 2.76 bits per heavy atom. The van der Waals surface area contributed by atoms with Gasteiger partial charge >= 0.3 is 5.97 Å². The van der Waals surface area contributed by atoms with Crippen molar-refractivity contribution in [1.29, 1.82) is 0 Å². The van der Waals surface area contributed by atoms with Gasteiger partial charge in [0, 0.05) is 43.7 Å². The highest BCUT2D eigenvalue weighted by Gasteiger charge is 2.30. The second kappa shape index (κ2) is 12.2. The molecule has 2 aliphatic rings. The summed E-state index contributed by atoms with van der Waals surface area (Å²) < 4.78 is 34.3. The Morgan fingerprint density at radius 1 is 1.19 bits per heavy atom. The molecular weight excluding hydrogens is 567 g/mol. The van der Waals surface area contributed by atoms with Gasteiger partial charge in [0.1, 0.15) is 24.1 Å². The number of halogens is 2. The number of nitrogens with zero attached hydrogens (tertiary/aromatic N) is 6. The highest BCUT2D eigenvalue weighted by atomic mass is 35.5. The molecule has 0 aliphatic carbocycles. The van der Waals surface area contributed by atoms with Crippen LogP contribution in [-0.2, 0) is 24.4 Å². The van der Waals surface area contributed by atoms with Gasteiger partial charge in [-0.05, 0) is 44.4 Å². The van der Waals surface area contributed by atoms with Gasteiger partial charge in [0.2, 0.25) is 11.8 Å². The van der Waals surface area contributed by atoms with Gasteiger partial charge in [-0.3, -0.25) is 4.90 Å². The number of hydrogen-bond acceptors (Lipinski definition) is 9. The third-order valence-electron chi connectivity index (χ3n) is 7.64. The molecule has 6 rings (SSSR count). The minimum atomic E-state index is -1.18. The molecule has 3 atom stereocenters. The average Bonchev–Trinajstić information content (AvgIpc) is 3.29. The van der Waals surface area contributed by atoms with E-state index in [4.69, 9.17) is 25.8 Å². The molecule has 0 radical (unpaired) electrons. The predicted octanol–water partition coefficient (Wildman–Crippen LogP) is 4.51. The van der Waals surface area contributed by atoms with Crippen LogP contribution in [0.2, 0.25) is 5.02 Å². The molecule has 1 aromatic carbocycles. The maximum Gasteiger partial charge on any atom is 0.335 e. The van der Waals surface area contributed by atoms with E-state index in [0.29, 0.717) is 53.6 Å². The molecule has 2 fully saturated rings. The number of benzene rings is 1. The Hall–Kier alpha value is -3.87. The van der Waals surface area contributed by atoms with E-state index in [9.17, 15) is 14.3 Å². The molecule has 2 saturated heterocycles. The van der Waals surface area contributed by atoms with Gasteiger partial charge < -0.3 is 23.9 Å². The van der Waals surface area contributed by atoms with Crippen molar-refractivity contribution in [3.63, 3.8) is 0 Å². The lowest BCUT2D eigenvalue weighted by Gasteiger charge is -2.37. The molecule has 220 valence electrons. The van der Waals surface area contributed by atoms with Crippen LogP contribution in [-0.4, -0.2) is 71.9 Å². The van der Waals surface area contributed by atoms with Gasteiger partial charge in [0.05, 0.1) is 35.3 Å². The Bertz CT molecular complexity index is 1580. The molecule has 4 aromatic rings. The zero-order valence-electron chi connectivity index (χ0n) is 22.9. The molecule has 5 heterocycles. The number of likely N-dealkylation sites (tertiary alicyclic amines) is 1. The minimum Gasteiger partial charge on any atom is -0.478 e. The van der Waals surface area contributed by atoms with Crippen LogP contribution in [0.5, 0.6) is 11.8 Å². The number of aromatic carboxylic acids is 1. The largest absolute Gasteiger partial charge is 0.478 e. The minimum absolute atomic E-state index is 0.000128. The van der Waals surface area contributed by atoms with Crippen LogP contribution in [0.25, 0.3) is 11.0 Å². The molecular formula is C29H30ClFN6O5. The second-order valence-electron chi connectivity index (χ2n) is 10.5. The zero-order valence-corrected chi connectivity index (χ0v) is 23.7. The van der Waals surface area contributed by atoms with Crippen LogP contribution < -0.4 is 9.47 Å². The van der Waals surface area contributed by atoms with Crippen LogP contribution in [0.4, 0.5) is 4.39 Å². The van der Waals surface area contributed by atoms with Crippen LogP contribution >= 0.6 is 11.6 Å². The van der Waals surface area contributed by atoms with Crippen LogP contribution in [0.15, 0.2) is 42.7 Å². The molecule has 13 heteroatoms. The first-order chi connectivity index (χ1) is 20.3. The molecule has 42 heavy (non-hydrogen) atoms. The Balaban J connectivity index is 1.11. The van der Waals surface area contributed by atoms with Gasteiger partial charge in [0.25, 0.3) is 0 Å². The summed E-state index contributed by atoms with van der Waals surface area (Å²) in [6.07, 6.45) is 5.52. The highest BCUT2D eigenvalue weighted by Crippen LogP contribution is 2.28. The summed E-state index contributed by atoms with van der Waals surface area (Å²) in [6, 6.07) is 7.77. The molecule has 0 saturated carbocycles. The second-order valence-corrected chi connectivity index (χ2v) is 11.0. The summed E-state index contributed by atoms with van der Waals surface area (Å²) in [5.74, 6) is 0.243. The van der Waals surface area contributed by atoms with E-state index in [1.807, 2.05) is 4.57 Å². The number of piperidine rings is 1. The third kappa shape index (κ3) is 6.30.